The molecule has 166 valence electrons. The minimum atomic E-state index is 0.556. The van der Waals surface area contributed by atoms with Gasteiger partial charge in [-0.15, -0.1) is 0 Å². The fourth-order valence-corrected chi connectivity index (χ4v) is 5.12. The molecule has 0 aliphatic heterocycles. The summed E-state index contributed by atoms with van der Waals surface area (Å²) >= 11 is 0. The van der Waals surface area contributed by atoms with Gasteiger partial charge in [-0.2, -0.15) is 0 Å². The molecule has 0 heterocycles. The molecule has 0 aromatic heterocycles. The first-order valence-corrected chi connectivity index (χ1v) is 11.7. The van der Waals surface area contributed by atoms with Gasteiger partial charge in [0.2, 0.25) is 0 Å². The average molecular weight is 427 g/mol. The number of hydrogen-bond acceptors (Lipinski definition) is 2. The van der Waals surface area contributed by atoms with Crippen molar-refractivity contribution in [3.63, 3.8) is 0 Å². The number of rotatable bonds is 9. The summed E-state index contributed by atoms with van der Waals surface area (Å²) in [4.78, 5) is 0. The molecule has 4 rings (SSSR count). The summed E-state index contributed by atoms with van der Waals surface area (Å²) in [5.74, 6) is 3.16. The van der Waals surface area contributed by atoms with Crippen LogP contribution in [-0.2, 0) is 12.8 Å². The van der Waals surface area contributed by atoms with Gasteiger partial charge in [0, 0.05) is 11.1 Å². The highest BCUT2D eigenvalue weighted by Crippen LogP contribution is 2.35. The number of hydrogen-bond donors (Lipinski definition) is 0. The topological polar surface area (TPSA) is 18.5 Å². The van der Waals surface area contributed by atoms with Crippen molar-refractivity contribution in [3.8, 4) is 11.5 Å². The fourth-order valence-electron chi connectivity index (χ4n) is 5.12. The van der Waals surface area contributed by atoms with E-state index in [0.29, 0.717) is 11.8 Å². The summed E-state index contributed by atoms with van der Waals surface area (Å²) in [5, 5.41) is 5.19. The third-order valence-corrected chi connectivity index (χ3v) is 6.79. The summed E-state index contributed by atoms with van der Waals surface area (Å²) in [5.41, 5.74) is 2.67. The Balaban J connectivity index is 1.57. The highest BCUT2D eigenvalue weighted by atomic mass is 16.5. The summed E-state index contributed by atoms with van der Waals surface area (Å²) in [6.07, 6.45) is 4.39. The molecular formula is C30H34O2. The van der Waals surface area contributed by atoms with Gasteiger partial charge in [-0.1, -0.05) is 80.9 Å². The molecule has 0 radical (unpaired) electrons. The van der Waals surface area contributed by atoms with E-state index in [1.807, 2.05) is 0 Å². The van der Waals surface area contributed by atoms with Gasteiger partial charge in [0.15, 0.2) is 0 Å². The SMILES string of the molecule is CC[C@@H](Cc1c(OC)ccc2ccccc12)C[C@@H](C)Cc1c(OC)ccc2ccccc12. The molecule has 0 unspecified atom stereocenters. The molecule has 0 N–H and O–H groups in total. The van der Waals surface area contributed by atoms with Crippen LogP contribution in [0.4, 0.5) is 0 Å². The van der Waals surface area contributed by atoms with Gasteiger partial charge >= 0.3 is 0 Å². The number of methoxy groups -OCH3 is 2. The molecule has 0 aliphatic rings. The molecular weight excluding hydrogens is 392 g/mol. The number of fused-ring (bicyclic) bond motifs is 2. The molecule has 0 saturated carbocycles. The normalized spacial score (nSPS) is 13.2. The summed E-state index contributed by atoms with van der Waals surface area (Å²) < 4.78 is 11.5. The van der Waals surface area contributed by atoms with Crippen LogP contribution in [0.15, 0.2) is 72.8 Å². The first-order valence-electron chi connectivity index (χ1n) is 11.7. The molecule has 0 spiro atoms. The standard InChI is InChI=1S/C30H34O2/c1-5-22(20-28-26-13-9-7-11-24(26)15-17-30(28)32-4)18-21(2)19-27-25-12-8-6-10-23(25)14-16-29(27)31-3/h6-17,21-22H,5,18-20H2,1-4H3/t21-,22-/m1/s1. The van der Waals surface area contributed by atoms with Crippen molar-refractivity contribution in [1.82, 2.24) is 0 Å². The summed E-state index contributed by atoms with van der Waals surface area (Å²) in [6.45, 7) is 4.69. The maximum atomic E-state index is 5.76. The van der Waals surface area contributed by atoms with Crippen LogP contribution in [0, 0.1) is 11.8 Å². The molecule has 2 nitrogen and oxygen atoms in total. The molecule has 0 aliphatic carbocycles. The van der Waals surface area contributed by atoms with E-state index in [9.17, 15) is 0 Å². The third kappa shape index (κ3) is 4.60. The van der Waals surface area contributed by atoms with Crippen molar-refractivity contribution in [1.29, 1.82) is 0 Å². The van der Waals surface area contributed by atoms with E-state index in [1.54, 1.807) is 14.2 Å². The summed E-state index contributed by atoms with van der Waals surface area (Å²) in [6, 6.07) is 25.8. The second kappa shape index (κ2) is 10.1. The summed E-state index contributed by atoms with van der Waals surface area (Å²) in [7, 11) is 3.56. The van der Waals surface area contributed by atoms with Crippen molar-refractivity contribution in [2.24, 2.45) is 11.8 Å². The predicted octanol–water partition coefficient (Wildman–Crippen LogP) is 7.85. The highest BCUT2D eigenvalue weighted by molar-refractivity contribution is 5.88. The van der Waals surface area contributed by atoms with E-state index in [-0.39, 0.29) is 0 Å². The number of ether oxygens (including phenoxy) is 2. The Hall–Kier alpha value is -3.00. The Labute approximate surface area is 192 Å². The largest absolute Gasteiger partial charge is 0.496 e. The van der Waals surface area contributed by atoms with Crippen molar-refractivity contribution in [2.45, 2.75) is 39.5 Å². The molecule has 0 fully saturated rings. The van der Waals surface area contributed by atoms with Crippen LogP contribution in [0.1, 0.15) is 37.8 Å². The zero-order valence-corrected chi connectivity index (χ0v) is 19.7. The Morgan fingerprint density at radius 2 is 1.16 bits per heavy atom. The number of benzene rings is 4. The highest BCUT2D eigenvalue weighted by Gasteiger charge is 2.19. The van der Waals surface area contributed by atoms with Gasteiger partial charge in [-0.25, -0.2) is 0 Å². The average Bonchev–Trinajstić information content (AvgIpc) is 2.83. The van der Waals surface area contributed by atoms with Crippen molar-refractivity contribution in [3.05, 3.63) is 83.9 Å². The lowest BCUT2D eigenvalue weighted by atomic mass is 9.83. The Morgan fingerprint density at radius 3 is 1.66 bits per heavy atom. The van der Waals surface area contributed by atoms with Gasteiger partial charge < -0.3 is 9.47 Å². The Kier molecular flexibility index (Phi) is 6.99. The van der Waals surface area contributed by atoms with Gasteiger partial charge in [-0.3, -0.25) is 0 Å². The first-order chi connectivity index (χ1) is 15.6. The van der Waals surface area contributed by atoms with Crippen LogP contribution >= 0.6 is 0 Å². The predicted molar refractivity (Wildman–Crippen MR) is 136 cm³/mol. The molecule has 0 saturated heterocycles. The van der Waals surface area contributed by atoms with Crippen molar-refractivity contribution in [2.75, 3.05) is 14.2 Å². The van der Waals surface area contributed by atoms with Crippen LogP contribution < -0.4 is 9.47 Å². The molecule has 2 heteroatoms. The zero-order chi connectivity index (χ0) is 22.5. The maximum Gasteiger partial charge on any atom is 0.122 e. The van der Waals surface area contributed by atoms with Gasteiger partial charge in [0.05, 0.1) is 14.2 Å². The molecule has 0 bridgehead atoms. The lowest BCUT2D eigenvalue weighted by Gasteiger charge is -2.23. The molecule has 4 aromatic rings. The van der Waals surface area contributed by atoms with Crippen LogP contribution in [0.2, 0.25) is 0 Å². The van der Waals surface area contributed by atoms with E-state index in [2.05, 4.69) is 86.6 Å². The Morgan fingerprint density at radius 1 is 0.656 bits per heavy atom. The lowest BCUT2D eigenvalue weighted by molar-refractivity contribution is 0.360. The van der Waals surface area contributed by atoms with Crippen LogP contribution in [0.5, 0.6) is 11.5 Å². The van der Waals surface area contributed by atoms with Gasteiger partial charge in [-0.05, 0) is 64.8 Å². The Bertz CT molecular complexity index is 1190. The second-order valence-electron chi connectivity index (χ2n) is 8.96. The van der Waals surface area contributed by atoms with Gasteiger partial charge in [0.25, 0.3) is 0 Å². The minimum Gasteiger partial charge on any atom is -0.496 e. The van der Waals surface area contributed by atoms with Crippen LogP contribution in [0.3, 0.4) is 0 Å². The van der Waals surface area contributed by atoms with Crippen molar-refractivity contribution < 1.29 is 9.47 Å². The van der Waals surface area contributed by atoms with E-state index < -0.39 is 0 Å². The van der Waals surface area contributed by atoms with E-state index in [4.69, 9.17) is 9.47 Å². The van der Waals surface area contributed by atoms with Crippen LogP contribution in [0.25, 0.3) is 21.5 Å². The van der Waals surface area contributed by atoms with Crippen molar-refractivity contribution >= 4 is 21.5 Å². The zero-order valence-electron chi connectivity index (χ0n) is 19.7. The van der Waals surface area contributed by atoms with E-state index in [0.717, 1.165) is 30.8 Å². The quantitative estimate of drug-likeness (QED) is 0.271. The maximum absolute atomic E-state index is 5.76. The minimum absolute atomic E-state index is 0.556. The van der Waals surface area contributed by atoms with Gasteiger partial charge in [0.1, 0.15) is 11.5 Å². The second-order valence-corrected chi connectivity index (χ2v) is 8.96. The fraction of sp³-hybridized carbons (Fsp3) is 0.333. The monoisotopic (exact) mass is 426 g/mol. The van der Waals surface area contributed by atoms with E-state index >= 15 is 0 Å². The third-order valence-electron chi connectivity index (χ3n) is 6.79. The van der Waals surface area contributed by atoms with Crippen LogP contribution in [-0.4, -0.2) is 14.2 Å². The molecule has 4 aromatic carbocycles. The lowest BCUT2D eigenvalue weighted by Crippen LogP contribution is -2.12. The smallest absolute Gasteiger partial charge is 0.122 e. The molecule has 32 heavy (non-hydrogen) atoms. The first kappa shape index (κ1) is 22.2. The molecule has 2 atom stereocenters. The van der Waals surface area contributed by atoms with E-state index in [1.165, 1.54) is 39.1 Å². The molecule has 0 amide bonds.